The Bertz CT molecular complexity index is 988. The Balaban J connectivity index is 1.25. The fourth-order valence-corrected chi connectivity index (χ4v) is 3.99. The second kappa shape index (κ2) is 11.5. The van der Waals surface area contributed by atoms with E-state index in [2.05, 4.69) is 29.2 Å². The Hall–Kier alpha value is -3.41. The molecule has 0 radical (unpaired) electrons. The first kappa shape index (κ1) is 22.8. The van der Waals surface area contributed by atoms with Crippen molar-refractivity contribution in [2.75, 3.05) is 39.3 Å². The molecule has 3 aromatic carbocycles. The third kappa shape index (κ3) is 6.54. The lowest BCUT2D eigenvalue weighted by atomic mass is 10.0. The van der Waals surface area contributed by atoms with Crippen molar-refractivity contribution in [3.63, 3.8) is 0 Å². The van der Waals surface area contributed by atoms with Crippen molar-refractivity contribution in [3.8, 4) is 5.75 Å². The lowest BCUT2D eigenvalue weighted by molar-refractivity contribution is -0.127. The molecule has 5 heteroatoms. The summed E-state index contributed by atoms with van der Waals surface area (Å²) in [6.07, 6.45) is 3.31. The van der Waals surface area contributed by atoms with Crippen LogP contribution < -0.4 is 0 Å². The van der Waals surface area contributed by atoms with E-state index in [0.717, 1.165) is 36.3 Å². The number of aromatic hydroxyl groups is 1. The van der Waals surface area contributed by atoms with Gasteiger partial charge in [0.25, 0.3) is 0 Å². The zero-order valence-electron chi connectivity index (χ0n) is 18.7. The number of phenols is 1. The molecule has 0 atom stereocenters. The fraction of sp³-hybridized carbons (Fsp3) is 0.250. The summed E-state index contributed by atoms with van der Waals surface area (Å²) in [7, 11) is 0. The minimum atomic E-state index is -0.0831. The fourth-order valence-electron chi connectivity index (χ4n) is 3.99. The van der Waals surface area contributed by atoms with Gasteiger partial charge in [-0.15, -0.1) is 0 Å². The molecule has 0 aromatic heterocycles. The SMILES string of the molecule is O=C(/C=C/c1ccc(O)cc1)N1CCN(CCOC(c2ccccc2)c2ccccc2)CC1. The Morgan fingerprint density at radius 2 is 1.42 bits per heavy atom. The van der Waals surface area contributed by atoms with Crippen LogP contribution in [0.2, 0.25) is 0 Å². The molecule has 0 unspecified atom stereocenters. The minimum absolute atomic E-state index is 0.0206. The van der Waals surface area contributed by atoms with Crippen molar-refractivity contribution in [1.82, 2.24) is 9.80 Å². The highest BCUT2D eigenvalue weighted by Gasteiger charge is 2.20. The number of amides is 1. The van der Waals surface area contributed by atoms with Gasteiger partial charge >= 0.3 is 0 Å². The molecule has 0 aliphatic carbocycles. The number of nitrogens with zero attached hydrogens (tertiary/aromatic N) is 2. The Morgan fingerprint density at radius 3 is 2.00 bits per heavy atom. The molecule has 0 saturated carbocycles. The van der Waals surface area contributed by atoms with Crippen molar-refractivity contribution in [3.05, 3.63) is 108 Å². The van der Waals surface area contributed by atoms with E-state index in [4.69, 9.17) is 4.74 Å². The number of piperazine rings is 1. The monoisotopic (exact) mass is 442 g/mol. The van der Waals surface area contributed by atoms with Crippen LogP contribution in [0.5, 0.6) is 5.75 Å². The van der Waals surface area contributed by atoms with Gasteiger partial charge in [0.1, 0.15) is 11.9 Å². The first-order valence-corrected chi connectivity index (χ1v) is 11.4. The van der Waals surface area contributed by atoms with Gasteiger partial charge in [0.15, 0.2) is 0 Å². The van der Waals surface area contributed by atoms with Crippen LogP contribution in [0.15, 0.2) is 91.0 Å². The maximum atomic E-state index is 12.5. The number of hydrogen-bond acceptors (Lipinski definition) is 4. The second-order valence-electron chi connectivity index (χ2n) is 8.16. The van der Waals surface area contributed by atoms with Gasteiger partial charge < -0.3 is 14.7 Å². The summed E-state index contributed by atoms with van der Waals surface area (Å²) in [6, 6.07) is 27.4. The standard InChI is InChI=1S/C28H30N2O3/c31-26-14-11-23(12-15-26)13-16-27(32)30-19-17-29(18-20-30)21-22-33-28(24-7-3-1-4-8-24)25-9-5-2-6-10-25/h1-16,28,31H,17-22H2/b16-13+. The van der Waals surface area contributed by atoms with Crippen molar-refractivity contribution >= 4 is 12.0 Å². The van der Waals surface area contributed by atoms with Crippen molar-refractivity contribution < 1.29 is 14.6 Å². The van der Waals surface area contributed by atoms with E-state index < -0.39 is 0 Å². The third-order valence-corrected chi connectivity index (χ3v) is 5.89. The van der Waals surface area contributed by atoms with E-state index in [0.29, 0.717) is 19.7 Å². The number of phenolic OH excluding ortho intramolecular Hbond substituents is 1. The maximum Gasteiger partial charge on any atom is 0.246 e. The topological polar surface area (TPSA) is 53.0 Å². The Labute approximate surface area is 195 Å². The van der Waals surface area contributed by atoms with Crippen LogP contribution in [0.25, 0.3) is 6.08 Å². The summed E-state index contributed by atoms with van der Waals surface area (Å²) in [4.78, 5) is 16.7. The van der Waals surface area contributed by atoms with Crippen molar-refractivity contribution in [2.24, 2.45) is 0 Å². The van der Waals surface area contributed by atoms with Gasteiger partial charge in [-0.2, -0.15) is 0 Å². The van der Waals surface area contributed by atoms with Crippen LogP contribution in [-0.4, -0.2) is 60.1 Å². The summed E-state index contributed by atoms with van der Waals surface area (Å²) in [5.74, 6) is 0.240. The molecule has 0 bridgehead atoms. The van der Waals surface area contributed by atoms with E-state index in [1.54, 1.807) is 36.4 Å². The number of rotatable bonds is 8. The van der Waals surface area contributed by atoms with Gasteiger partial charge in [-0.1, -0.05) is 72.8 Å². The molecular weight excluding hydrogens is 412 g/mol. The first-order chi connectivity index (χ1) is 16.2. The van der Waals surface area contributed by atoms with Crippen LogP contribution in [0.3, 0.4) is 0 Å². The average molecular weight is 443 g/mol. The number of carbonyl (C=O) groups excluding carboxylic acids is 1. The molecule has 1 amide bonds. The summed E-state index contributed by atoms with van der Waals surface area (Å²) < 4.78 is 6.34. The molecule has 3 aromatic rings. The van der Waals surface area contributed by atoms with E-state index in [1.807, 2.05) is 41.3 Å². The quantitative estimate of drug-likeness (QED) is 0.527. The number of carbonyl (C=O) groups is 1. The van der Waals surface area contributed by atoms with Crippen LogP contribution in [0.4, 0.5) is 0 Å². The molecule has 4 rings (SSSR count). The summed E-state index contributed by atoms with van der Waals surface area (Å²) in [5, 5.41) is 9.36. The van der Waals surface area contributed by atoms with E-state index >= 15 is 0 Å². The Kier molecular flexibility index (Phi) is 7.90. The van der Waals surface area contributed by atoms with Crippen molar-refractivity contribution in [1.29, 1.82) is 0 Å². The second-order valence-corrected chi connectivity index (χ2v) is 8.16. The largest absolute Gasteiger partial charge is 0.508 e. The number of hydrogen-bond donors (Lipinski definition) is 1. The molecule has 1 heterocycles. The first-order valence-electron chi connectivity index (χ1n) is 11.4. The highest BCUT2D eigenvalue weighted by Crippen LogP contribution is 2.25. The number of ether oxygens (including phenoxy) is 1. The lowest BCUT2D eigenvalue weighted by Crippen LogP contribution is -2.49. The molecule has 0 spiro atoms. The van der Waals surface area contributed by atoms with Gasteiger partial charge in [0.05, 0.1) is 6.61 Å². The van der Waals surface area contributed by atoms with Crippen LogP contribution in [-0.2, 0) is 9.53 Å². The predicted octanol–water partition coefficient (Wildman–Crippen LogP) is 4.36. The zero-order valence-corrected chi connectivity index (χ0v) is 18.7. The molecule has 170 valence electrons. The van der Waals surface area contributed by atoms with Gasteiger partial charge in [0, 0.05) is 38.8 Å². The highest BCUT2D eigenvalue weighted by atomic mass is 16.5. The molecule has 1 saturated heterocycles. The molecular formula is C28H30N2O3. The van der Waals surface area contributed by atoms with Gasteiger partial charge in [-0.3, -0.25) is 9.69 Å². The molecule has 1 N–H and O–H groups in total. The number of benzene rings is 3. The molecule has 1 fully saturated rings. The van der Waals surface area contributed by atoms with Gasteiger partial charge in [-0.05, 0) is 34.9 Å². The smallest absolute Gasteiger partial charge is 0.246 e. The average Bonchev–Trinajstić information content (AvgIpc) is 2.87. The van der Waals surface area contributed by atoms with Crippen LogP contribution in [0, 0.1) is 0 Å². The van der Waals surface area contributed by atoms with Crippen LogP contribution >= 0.6 is 0 Å². The van der Waals surface area contributed by atoms with Gasteiger partial charge in [0.2, 0.25) is 5.91 Å². The summed E-state index contributed by atoms with van der Waals surface area (Å²) >= 11 is 0. The summed E-state index contributed by atoms with van der Waals surface area (Å²) in [5.41, 5.74) is 3.20. The molecule has 1 aliphatic heterocycles. The Morgan fingerprint density at radius 1 is 0.848 bits per heavy atom. The van der Waals surface area contributed by atoms with Crippen LogP contribution in [0.1, 0.15) is 22.8 Å². The summed E-state index contributed by atoms with van der Waals surface area (Å²) in [6.45, 7) is 4.55. The lowest BCUT2D eigenvalue weighted by Gasteiger charge is -2.34. The minimum Gasteiger partial charge on any atom is -0.508 e. The van der Waals surface area contributed by atoms with E-state index in [1.165, 1.54) is 0 Å². The normalized spacial score (nSPS) is 14.8. The molecule has 5 nitrogen and oxygen atoms in total. The van der Waals surface area contributed by atoms with E-state index in [-0.39, 0.29) is 17.8 Å². The predicted molar refractivity (Wildman–Crippen MR) is 131 cm³/mol. The molecule has 1 aliphatic rings. The third-order valence-electron chi connectivity index (χ3n) is 5.89. The highest BCUT2D eigenvalue weighted by molar-refractivity contribution is 5.91. The van der Waals surface area contributed by atoms with Crippen molar-refractivity contribution in [2.45, 2.75) is 6.10 Å². The maximum absolute atomic E-state index is 12.5. The molecule has 33 heavy (non-hydrogen) atoms. The van der Waals surface area contributed by atoms with E-state index in [9.17, 15) is 9.90 Å². The van der Waals surface area contributed by atoms with Gasteiger partial charge in [-0.25, -0.2) is 0 Å². The zero-order chi connectivity index (χ0) is 22.9.